The second-order valence-corrected chi connectivity index (χ2v) is 7.48. The monoisotopic (exact) mass is 416 g/mol. The minimum Gasteiger partial charge on any atom is -0.368 e. The van der Waals surface area contributed by atoms with Crippen molar-refractivity contribution in [3.63, 3.8) is 0 Å². The first-order chi connectivity index (χ1) is 14.9. The number of fused-ring (bicyclic) bond motifs is 1. The lowest BCUT2D eigenvalue weighted by atomic mass is 10.1. The molecule has 0 unspecified atom stereocenters. The fourth-order valence-electron chi connectivity index (χ4n) is 3.28. The number of rotatable bonds is 6. The third kappa shape index (κ3) is 4.36. The first-order valence-corrected chi connectivity index (χ1v) is 9.90. The van der Waals surface area contributed by atoms with Crippen LogP contribution in [0.25, 0.3) is 28.4 Å². The van der Waals surface area contributed by atoms with Crippen LogP contribution in [0.5, 0.6) is 0 Å². The van der Waals surface area contributed by atoms with Crippen LogP contribution in [0.4, 0.5) is 5.95 Å². The van der Waals surface area contributed by atoms with Crippen molar-refractivity contribution in [3.8, 4) is 22.8 Å². The van der Waals surface area contributed by atoms with E-state index in [1.165, 1.54) is 0 Å². The molecular weight excluding hydrogens is 392 g/mol. The van der Waals surface area contributed by atoms with Gasteiger partial charge in [-0.1, -0.05) is 6.07 Å². The minimum atomic E-state index is -0.152. The van der Waals surface area contributed by atoms with E-state index in [0.717, 1.165) is 12.2 Å². The summed E-state index contributed by atoms with van der Waals surface area (Å²) in [5.41, 5.74) is 10.6. The summed E-state index contributed by atoms with van der Waals surface area (Å²) in [6.45, 7) is 3.24. The van der Waals surface area contributed by atoms with Gasteiger partial charge in [-0.15, -0.1) is 0 Å². The quantitative estimate of drug-likeness (QED) is 0.494. The van der Waals surface area contributed by atoms with Gasteiger partial charge < -0.3 is 16.0 Å². The first kappa shape index (κ1) is 20.4. The van der Waals surface area contributed by atoms with Gasteiger partial charge in [0.2, 0.25) is 5.95 Å². The van der Waals surface area contributed by atoms with Crippen LogP contribution in [-0.4, -0.2) is 62.3 Å². The van der Waals surface area contributed by atoms with Crippen LogP contribution in [0.1, 0.15) is 16.1 Å². The Bertz CT molecular complexity index is 1250. The number of carbonyl (C=O) groups excluding carboxylic acids is 1. The molecular formula is C22H24N8O. The summed E-state index contributed by atoms with van der Waals surface area (Å²) in [4.78, 5) is 32.5. The van der Waals surface area contributed by atoms with Crippen molar-refractivity contribution in [2.45, 2.75) is 6.92 Å². The number of likely N-dealkylation sites (N-methyl/N-ethyl adjacent to an activating group) is 1. The summed E-state index contributed by atoms with van der Waals surface area (Å²) in [7, 11) is 3.93. The van der Waals surface area contributed by atoms with Crippen molar-refractivity contribution < 1.29 is 4.79 Å². The molecule has 0 spiro atoms. The first-order valence-electron chi connectivity index (χ1n) is 9.90. The number of nitrogen functional groups attached to an aromatic ring is 1. The number of aromatic nitrogens is 5. The summed E-state index contributed by atoms with van der Waals surface area (Å²) in [5.74, 6) is 0.00835. The SMILES string of the molecule is Cc1cccc(-c2nc3ccc(C(=O)NCCN(C)C)cn3c2-c2ccnc(N)n2)n1. The average molecular weight is 416 g/mol. The lowest BCUT2D eigenvalue weighted by molar-refractivity contribution is 0.0950. The lowest BCUT2D eigenvalue weighted by Crippen LogP contribution is -2.31. The van der Waals surface area contributed by atoms with Gasteiger partial charge in [0.05, 0.1) is 17.0 Å². The van der Waals surface area contributed by atoms with Crippen LogP contribution in [0, 0.1) is 6.92 Å². The number of imidazole rings is 1. The second kappa shape index (κ2) is 8.49. The maximum atomic E-state index is 12.7. The van der Waals surface area contributed by atoms with Crippen LogP contribution < -0.4 is 11.1 Å². The van der Waals surface area contributed by atoms with E-state index in [-0.39, 0.29) is 11.9 Å². The molecule has 9 heteroatoms. The molecule has 158 valence electrons. The van der Waals surface area contributed by atoms with Gasteiger partial charge in [0.25, 0.3) is 5.91 Å². The van der Waals surface area contributed by atoms with Gasteiger partial charge in [-0.05, 0) is 51.4 Å². The van der Waals surface area contributed by atoms with Crippen molar-refractivity contribution in [1.29, 1.82) is 0 Å². The zero-order valence-corrected chi connectivity index (χ0v) is 17.7. The molecule has 3 N–H and O–H groups in total. The number of nitrogens with one attached hydrogen (secondary N) is 1. The molecule has 0 saturated carbocycles. The third-order valence-electron chi connectivity index (χ3n) is 4.77. The van der Waals surface area contributed by atoms with E-state index in [1.807, 2.05) is 54.6 Å². The molecule has 9 nitrogen and oxygen atoms in total. The molecule has 0 aromatic carbocycles. The molecule has 1 amide bonds. The largest absolute Gasteiger partial charge is 0.368 e. The van der Waals surface area contributed by atoms with Crippen molar-refractivity contribution in [1.82, 2.24) is 34.6 Å². The molecule has 0 radical (unpaired) electrons. The number of aryl methyl sites for hydroxylation is 1. The Morgan fingerprint density at radius 2 is 1.94 bits per heavy atom. The van der Waals surface area contributed by atoms with E-state index in [2.05, 4.69) is 20.3 Å². The predicted octanol–water partition coefficient (Wildman–Crippen LogP) is 2.04. The molecule has 0 fully saturated rings. The highest BCUT2D eigenvalue weighted by Crippen LogP contribution is 2.31. The van der Waals surface area contributed by atoms with Gasteiger partial charge in [-0.2, -0.15) is 0 Å². The number of amides is 1. The van der Waals surface area contributed by atoms with Crippen molar-refractivity contribution in [3.05, 3.63) is 60.0 Å². The van der Waals surface area contributed by atoms with Gasteiger partial charge >= 0.3 is 0 Å². The Kier molecular flexibility index (Phi) is 5.59. The number of carbonyl (C=O) groups is 1. The lowest BCUT2D eigenvalue weighted by Gasteiger charge is -2.11. The van der Waals surface area contributed by atoms with Crippen molar-refractivity contribution in [2.24, 2.45) is 0 Å². The van der Waals surface area contributed by atoms with E-state index in [0.29, 0.717) is 40.5 Å². The van der Waals surface area contributed by atoms with Gasteiger partial charge in [0.15, 0.2) is 0 Å². The van der Waals surface area contributed by atoms with Gasteiger partial charge in [0.1, 0.15) is 17.0 Å². The molecule has 4 aromatic heterocycles. The Balaban J connectivity index is 1.84. The molecule has 0 aliphatic heterocycles. The summed E-state index contributed by atoms with van der Waals surface area (Å²) >= 11 is 0. The molecule has 0 bridgehead atoms. The van der Waals surface area contributed by atoms with Gasteiger partial charge in [0, 0.05) is 31.2 Å². The van der Waals surface area contributed by atoms with Crippen molar-refractivity contribution >= 4 is 17.5 Å². The van der Waals surface area contributed by atoms with Crippen LogP contribution in [0.15, 0.2) is 48.8 Å². The zero-order valence-electron chi connectivity index (χ0n) is 17.7. The fraction of sp³-hybridized carbons (Fsp3) is 0.227. The normalized spacial score (nSPS) is 11.2. The number of hydrogen-bond acceptors (Lipinski definition) is 7. The highest BCUT2D eigenvalue weighted by molar-refractivity contribution is 5.94. The third-order valence-corrected chi connectivity index (χ3v) is 4.77. The summed E-state index contributed by atoms with van der Waals surface area (Å²) < 4.78 is 1.85. The number of hydrogen-bond donors (Lipinski definition) is 2. The zero-order chi connectivity index (χ0) is 22.0. The molecule has 0 atom stereocenters. The van der Waals surface area contributed by atoms with E-state index in [9.17, 15) is 4.79 Å². The van der Waals surface area contributed by atoms with Gasteiger partial charge in [-0.25, -0.2) is 15.0 Å². The molecule has 31 heavy (non-hydrogen) atoms. The maximum absolute atomic E-state index is 12.7. The second-order valence-electron chi connectivity index (χ2n) is 7.48. The number of anilines is 1. The highest BCUT2D eigenvalue weighted by atomic mass is 16.1. The van der Waals surface area contributed by atoms with E-state index in [4.69, 9.17) is 10.7 Å². The van der Waals surface area contributed by atoms with Crippen LogP contribution in [-0.2, 0) is 0 Å². The topological polar surface area (TPSA) is 114 Å². The summed E-state index contributed by atoms with van der Waals surface area (Å²) in [6.07, 6.45) is 3.36. The maximum Gasteiger partial charge on any atom is 0.252 e. The van der Waals surface area contributed by atoms with E-state index < -0.39 is 0 Å². The smallest absolute Gasteiger partial charge is 0.252 e. The highest BCUT2D eigenvalue weighted by Gasteiger charge is 2.20. The van der Waals surface area contributed by atoms with E-state index >= 15 is 0 Å². The van der Waals surface area contributed by atoms with Crippen LogP contribution in [0.2, 0.25) is 0 Å². The summed E-state index contributed by atoms with van der Waals surface area (Å²) in [5, 5.41) is 2.94. The Hall–Kier alpha value is -3.85. The van der Waals surface area contributed by atoms with Crippen molar-refractivity contribution in [2.75, 3.05) is 32.9 Å². The number of nitrogens with two attached hydrogens (primary N) is 1. The standard InChI is InChI=1S/C22H24N8O/c1-14-5-4-6-16(26-14)19-20(17-9-10-25-22(23)27-17)30-13-15(7-8-18(30)28-19)21(31)24-11-12-29(2)3/h4-10,13H,11-12H2,1-3H3,(H,24,31)(H2,23,25,27). The van der Waals surface area contributed by atoms with Crippen LogP contribution >= 0.6 is 0 Å². The molecule has 4 rings (SSSR count). The number of pyridine rings is 2. The predicted molar refractivity (Wildman–Crippen MR) is 119 cm³/mol. The average Bonchev–Trinajstić information content (AvgIpc) is 3.12. The molecule has 0 aliphatic carbocycles. The fourth-order valence-corrected chi connectivity index (χ4v) is 3.28. The Morgan fingerprint density at radius 1 is 1.10 bits per heavy atom. The van der Waals surface area contributed by atoms with Crippen LogP contribution in [0.3, 0.4) is 0 Å². The minimum absolute atomic E-state index is 0.152. The Labute approximate surface area is 180 Å². The molecule has 4 heterocycles. The molecule has 0 saturated heterocycles. The van der Waals surface area contributed by atoms with Gasteiger partial charge in [-0.3, -0.25) is 14.2 Å². The summed E-state index contributed by atoms with van der Waals surface area (Å²) in [6, 6.07) is 11.1. The molecule has 4 aromatic rings. The van der Waals surface area contributed by atoms with E-state index in [1.54, 1.807) is 24.5 Å². The molecule has 0 aliphatic rings. The Morgan fingerprint density at radius 3 is 2.68 bits per heavy atom. The number of nitrogens with zero attached hydrogens (tertiary/aromatic N) is 6.